The Bertz CT molecular complexity index is 589. The van der Waals surface area contributed by atoms with Crippen molar-refractivity contribution in [3.63, 3.8) is 0 Å². The molecule has 18 heavy (non-hydrogen) atoms. The number of hydrogen-bond acceptors (Lipinski definition) is 4. The summed E-state index contributed by atoms with van der Waals surface area (Å²) in [5.74, 6) is -0.491. The third-order valence-corrected chi connectivity index (χ3v) is 3.26. The van der Waals surface area contributed by atoms with Crippen LogP contribution in [0.15, 0.2) is 22.1 Å². The molecule has 2 rings (SSSR count). The summed E-state index contributed by atoms with van der Waals surface area (Å²) in [7, 11) is 0. The maximum Gasteiger partial charge on any atom is 0.325 e. The fraction of sp³-hybridized carbons (Fsp3) is 0.100. The summed E-state index contributed by atoms with van der Waals surface area (Å²) in [6, 6.07) is 3.90. The van der Waals surface area contributed by atoms with Gasteiger partial charge in [-0.15, -0.1) is 10.2 Å². The molecule has 5 nitrogen and oxygen atoms in total. The molecule has 1 heterocycles. The number of aromatic nitrogens is 2. The summed E-state index contributed by atoms with van der Waals surface area (Å²) in [5.41, 5.74) is 0.974. The minimum Gasteiger partial charge on any atom is -0.305 e. The van der Waals surface area contributed by atoms with Crippen LogP contribution >= 0.6 is 27.3 Å². The molecule has 94 valence electrons. The second-order valence-electron chi connectivity index (χ2n) is 3.42. The summed E-state index contributed by atoms with van der Waals surface area (Å²) >= 11 is 4.29. The Kier molecular flexibility index (Phi) is 3.87. The first-order valence-electron chi connectivity index (χ1n) is 4.88. The Morgan fingerprint density at radius 3 is 2.83 bits per heavy atom. The number of urea groups is 1. The molecular formula is C10H8BrFN4OS. The molecule has 0 unspecified atom stereocenters. The van der Waals surface area contributed by atoms with Gasteiger partial charge in [0.2, 0.25) is 5.13 Å². The Hall–Kier alpha value is -1.54. The molecule has 0 aliphatic rings. The number of nitrogens with one attached hydrogen (secondary N) is 2. The summed E-state index contributed by atoms with van der Waals surface area (Å²) in [5, 5.41) is 12.6. The lowest BCUT2D eigenvalue weighted by molar-refractivity contribution is 0.262. The van der Waals surface area contributed by atoms with E-state index in [2.05, 4.69) is 36.8 Å². The van der Waals surface area contributed by atoms with Crippen molar-refractivity contribution < 1.29 is 9.18 Å². The van der Waals surface area contributed by atoms with Crippen LogP contribution in [0.1, 0.15) is 5.56 Å². The van der Waals surface area contributed by atoms with Crippen LogP contribution in [-0.4, -0.2) is 16.2 Å². The first-order chi connectivity index (χ1) is 8.54. The number of halogens is 2. The van der Waals surface area contributed by atoms with E-state index < -0.39 is 11.8 Å². The molecule has 0 bridgehead atoms. The number of rotatable bonds is 2. The van der Waals surface area contributed by atoms with E-state index in [1.807, 2.05) is 6.92 Å². The normalized spacial score (nSPS) is 10.2. The van der Waals surface area contributed by atoms with Gasteiger partial charge >= 0.3 is 6.03 Å². The van der Waals surface area contributed by atoms with Crippen LogP contribution in [-0.2, 0) is 0 Å². The van der Waals surface area contributed by atoms with Gasteiger partial charge in [-0.05, 0) is 40.5 Å². The van der Waals surface area contributed by atoms with E-state index in [-0.39, 0.29) is 5.69 Å². The maximum absolute atomic E-state index is 13.4. The largest absolute Gasteiger partial charge is 0.325 e. The van der Waals surface area contributed by atoms with E-state index in [4.69, 9.17) is 0 Å². The second kappa shape index (κ2) is 5.40. The average molecular weight is 331 g/mol. The number of anilines is 2. The lowest BCUT2D eigenvalue weighted by Gasteiger charge is -2.06. The van der Waals surface area contributed by atoms with Crippen molar-refractivity contribution in [2.75, 3.05) is 10.6 Å². The molecule has 0 atom stereocenters. The van der Waals surface area contributed by atoms with Crippen molar-refractivity contribution in [3.8, 4) is 0 Å². The lowest BCUT2D eigenvalue weighted by Crippen LogP contribution is -2.20. The minimum atomic E-state index is -0.567. The third-order valence-electron chi connectivity index (χ3n) is 1.99. The molecule has 2 amide bonds. The van der Waals surface area contributed by atoms with E-state index in [9.17, 15) is 9.18 Å². The number of hydrogen-bond donors (Lipinski definition) is 2. The molecule has 2 aromatic rings. The van der Waals surface area contributed by atoms with Crippen molar-refractivity contribution in [2.45, 2.75) is 6.92 Å². The van der Waals surface area contributed by atoms with Gasteiger partial charge in [0.15, 0.2) is 3.92 Å². The zero-order valence-electron chi connectivity index (χ0n) is 9.20. The van der Waals surface area contributed by atoms with Crippen molar-refractivity contribution in [3.05, 3.63) is 33.5 Å². The van der Waals surface area contributed by atoms with Crippen LogP contribution in [0.2, 0.25) is 0 Å². The number of aryl methyl sites for hydroxylation is 1. The molecule has 0 fully saturated rings. The molecule has 0 aliphatic heterocycles. The topological polar surface area (TPSA) is 66.9 Å². The van der Waals surface area contributed by atoms with E-state index in [0.29, 0.717) is 9.05 Å². The average Bonchev–Trinajstić information content (AvgIpc) is 2.69. The van der Waals surface area contributed by atoms with Crippen LogP contribution in [0, 0.1) is 12.7 Å². The van der Waals surface area contributed by atoms with Crippen LogP contribution < -0.4 is 10.6 Å². The predicted molar refractivity (Wildman–Crippen MR) is 71.4 cm³/mol. The number of carbonyl (C=O) groups excluding carboxylic acids is 1. The van der Waals surface area contributed by atoms with Crippen molar-refractivity contribution in [2.24, 2.45) is 0 Å². The summed E-state index contributed by atoms with van der Waals surface area (Å²) in [4.78, 5) is 11.6. The highest BCUT2D eigenvalue weighted by Crippen LogP contribution is 2.21. The molecule has 0 spiro atoms. The molecular weight excluding hydrogens is 323 g/mol. The van der Waals surface area contributed by atoms with E-state index >= 15 is 0 Å². The Labute approximate surface area is 115 Å². The number of benzene rings is 1. The van der Waals surface area contributed by atoms with Crippen LogP contribution in [0.3, 0.4) is 0 Å². The molecule has 8 heteroatoms. The fourth-order valence-electron chi connectivity index (χ4n) is 1.24. The Morgan fingerprint density at radius 1 is 1.39 bits per heavy atom. The maximum atomic E-state index is 13.4. The second-order valence-corrected chi connectivity index (χ2v) is 5.68. The van der Waals surface area contributed by atoms with Gasteiger partial charge < -0.3 is 5.32 Å². The van der Waals surface area contributed by atoms with Gasteiger partial charge in [0.05, 0.1) is 5.69 Å². The standard InChI is InChI=1S/C10H8BrFN4OS/c1-5-2-3-6(12)7(4-5)13-9(17)14-10-16-15-8(11)18-10/h2-4H,1H3,(H2,13,14,16,17). The lowest BCUT2D eigenvalue weighted by atomic mass is 10.2. The number of nitrogens with zero attached hydrogens (tertiary/aromatic N) is 2. The molecule has 0 aliphatic carbocycles. The summed E-state index contributed by atoms with van der Waals surface area (Å²) < 4.78 is 14.0. The highest BCUT2D eigenvalue weighted by atomic mass is 79.9. The van der Waals surface area contributed by atoms with E-state index in [0.717, 1.165) is 16.9 Å². The molecule has 1 aromatic carbocycles. The highest BCUT2D eigenvalue weighted by Gasteiger charge is 2.09. The zero-order valence-corrected chi connectivity index (χ0v) is 11.6. The van der Waals surface area contributed by atoms with Gasteiger partial charge in [-0.25, -0.2) is 9.18 Å². The SMILES string of the molecule is Cc1ccc(F)c(NC(=O)Nc2nnc(Br)s2)c1. The van der Waals surface area contributed by atoms with Crippen molar-refractivity contribution >= 4 is 44.1 Å². The molecule has 0 saturated heterocycles. The minimum absolute atomic E-state index is 0.121. The first kappa shape index (κ1) is 12.9. The Balaban J connectivity index is 2.05. The predicted octanol–water partition coefficient (Wildman–Crippen LogP) is 3.39. The first-order valence-corrected chi connectivity index (χ1v) is 6.49. The monoisotopic (exact) mass is 330 g/mol. The van der Waals surface area contributed by atoms with Crippen LogP contribution in [0.5, 0.6) is 0 Å². The van der Waals surface area contributed by atoms with Crippen molar-refractivity contribution in [1.29, 1.82) is 0 Å². The Morgan fingerprint density at radius 2 is 2.17 bits per heavy atom. The van der Waals surface area contributed by atoms with Gasteiger partial charge in [0.25, 0.3) is 0 Å². The molecule has 2 N–H and O–H groups in total. The van der Waals surface area contributed by atoms with Gasteiger partial charge in [0, 0.05) is 0 Å². The van der Waals surface area contributed by atoms with Gasteiger partial charge in [-0.1, -0.05) is 17.4 Å². The van der Waals surface area contributed by atoms with Gasteiger partial charge in [-0.2, -0.15) is 0 Å². The number of carbonyl (C=O) groups is 1. The van der Waals surface area contributed by atoms with E-state index in [1.54, 1.807) is 12.1 Å². The van der Waals surface area contributed by atoms with Gasteiger partial charge in [-0.3, -0.25) is 5.32 Å². The molecule has 0 saturated carbocycles. The summed E-state index contributed by atoms with van der Waals surface area (Å²) in [6.07, 6.45) is 0. The summed E-state index contributed by atoms with van der Waals surface area (Å²) in [6.45, 7) is 1.81. The van der Waals surface area contributed by atoms with Crippen molar-refractivity contribution in [1.82, 2.24) is 10.2 Å². The quantitative estimate of drug-likeness (QED) is 0.886. The zero-order chi connectivity index (χ0) is 13.1. The highest BCUT2D eigenvalue weighted by molar-refractivity contribution is 9.11. The van der Waals surface area contributed by atoms with Crippen LogP contribution in [0.25, 0.3) is 0 Å². The van der Waals surface area contributed by atoms with Gasteiger partial charge in [0.1, 0.15) is 5.82 Å². The van der Waals surface area contributed by atoms with E-state index in [1.165, 1.54) is 6.07 Å². The smallest absolute Gasteiger partial charge is 0.305 e. The fourth-order valence-corrected chi connectivity index (χ4v) is 2.25. The third kappa shape index (κ3) is 3.23. The molecule has 1 aromatic heterocycles. The number of amides is 2. The van der Waals surface area contributed by atoms with Crippen LogP contribution in [0.4, 0.5) is 20.0 Å². The molecule has 0 radical (unpaired) electrons.